The Bertz CT molecular complexity index is 631. The summed E-state index contributed by atoms with van der Waals surface area (Å²) in [6.07, 6.45) is 23.8. The molecular weight excluding hydrogens is 328 g/mol. The van der Waals surface area contributed by atoms with Crippen molar-refractivity contribution in [1.29, 1.82) is 0 Å². The Balaban J connectivity index is 1.87. The molecule has 0 spiro atoms. The first kappa shape index (κ1) is 21.3. The number of hydrogen-bond acceptors (Lipinski definition) is 1. The molecule has 0 aromatic rings. The van der Waals surface area contributed by atoms with Gasteiger partial charge in [-0.3, -0.25) is 0 Å². The molecule has 0 aliphatic heterocycles. The summed E-state index contributed by atoms with van der Waals surface area (Å²) in [5, 5.41) is 0. The Hall–Kier alpha value is -1.96. The largest absolute Gasteiger partial charge is 0.349 e. The zero-order valence-electron chi connectivity index (χ0n) is 17.1. The van der Waals surface area contributed by atoms with Crippen LogP contribution in [0, 0.1) is 36.5 Å². The standard InChI is InChI=1S/C26H34O/c1-7-25(17-21-9-13-23(14-10-21)19(3)4)27-26(8-2)18-22-11-15-24(16-12-22)20(5)6/h1-2,9,11,23-26H,3,5,10,12-18H2,4,6H3. The first-order valence-corrected chi connectivity index (χ1v) is 10.2. The van der Waals surface area contributed by atoms with Crippen molar-refractivity contribution in [3.63, 3.8) is 0 Å². The van der Waals surface area contributed by atoms with Crippen LogP contribution >= 0.6 is 0 Å². The van der Waals surface area contributed by atoms with E-state index in [1.54, 1.807) is 0 Å². The summed E-state index contributed by atoms with van der Waals surface area (Å²) in [6, 6.07) is 0. The molecule has 4 atom stereocenters. The molecule has 4 unspecified atom stereocenters. The van der Waals surface area contributed by atoms with Crippen LogP contribution in [0.4, 0.5) is 0 Å². The molecule has 144 valence electrons. The molecule has 2 rings (SSSR count). The third-order valence-electron chi connectivity index (χ3n) is 6.00. The van der Waals surface area contributed by atoms with Crippen LogP contribution < -0.4 is 0 Å². The van der Waals surface area contributed by atoms with Crippen molar-refractivity contribution >= 4 is 0 Å². The molecule has 27 heavy (non-hydrogen) atoms. The summed E-state index contributed by atoms with van der Waals surface area (Å²) in [6.45, 7) is 12.4. The van der Waals surface area contributed by atoms with Gasteiger partial charge in [0.15, 0.2) is 0 Å². The van der Waals surface area contributed by atoms with Gasteiger partial charge >= 0.3 is 0 Å². The SMILES string of the molecule is C#CC(CC1=CCC(C(=C)C)CC1)OC(C#C)CC1=CCC(C(=C)C)CC1. The van der Waals surface area contributed by atoms with E-state index in [1.165, 1.54) is 22.3 Å². The van der Waals surface area contributed by atoms with Crippen LogP contribution in [0.3, 0.4) is 0 Å². The van der Waals surface area contributed by atoms with Crippen molar-refractivity contribution in [2.75, 3.05) is 0 Å². The first-order chi connectivity index (χ1) is 12.9. The Morgan fingerprint density at radius 2 is 1.37 bits per heavy atom. The Kier molecular flexibility index (Phi) is 8.22. The van der Waals surface area contributed by atoms with Gasteiger partial charge in [-0.05, 0) is 64.2 Å². The lowest BCUT2D eigenvalue weighted by atomic mass is 9.84. The molecular formula is C26H34O. The zero-order chi connectivity index (χ0) is 19.8. The average Bonchev–Trinajstić information content (AvgIpc) is 2.67. The first-order valence-electron chi connectivity index (χ1n) is 10.2. The van der Waals surface area contributed by atoms with Crippen LogP contribution in [0.15, 0.2) is 47.6 Å². The van der Waals surface area contributed by atoms with E-state index in [-0.39, 0.29) is 12.2 Å². The van der Waals surface area contributed by atoms with Crippen molar-refractivity contribution < 1.29 is 4.74 Å². The number of ether oxygens (including phenoxy) is 1. The van der Waals surface area contributed by atoms with Crippen molar-refractivity contribution in [1.82, 2.24) is 0 Å². The summed E-state index contributed by atoms with van der Waals surface area (Å²) in [4.78, 5) is 0. The normalized spacial score (nSPS) is 24.6. The molecule has 0 heterocycles. The quantitative estimate of drug-likeness (QED) is 0.359. The Morgan fingerprint density at radius 1 is 0.963 bits per heavy atom. The van der Waals surface area contributed by atoms with Crippen LogP contribution in [0.25, 0.3) is 0 Å². The van der Waals surface area contributed by atoms with Gasteiger partial charge in [0.25, 0.3) is 0 Å². The summed E-state index contributed by atoms with van der Waals surface area (Å²) in [7, 11) is 0. The highest BCUT2D eigenvalue weighted by Crippen LogP contribution is 2.32. The number of allylic oxidation sites excluding steroid dienone is 4. The van der Waals surface area contributed by atoms with Crippen LogP contribution in [-0.2, 0) is 4.74 Å². The molecule has 0 aromatic carbocycles. The van der Waals surface area contributed by atoms with Crippen LogP contribution in [0.1, 0.15) is 65.2 Å². The van der Waals surface area contributed by atoms with Gasteiger partial charge in [0.2, 0.25) is 0 Å². The van der Waals surface area contributed by atoms with Gasteiger partial charge in [0.1, 0.15) is 12.2 Å². The molecule has 1 heteroatoms. The van der Waals surface area contributed by atoms with Gasteiger partial charge < -0.3 is 4.74 Å². The number of rotatable bonds is 8. The smallest absolute Gasteiger partial charge is 0.123 e. The van der Waals surface area contributed by atoms with E-state index < -0.39 is 0 Å². The molecule has 0 N–H and O–H groups in total. The average molecular weight is 363 g/mol. The van der Waals surface area contributed by atoms with Crippen molar-refractivity contribution in [2.45, 2.75) is 77.4 Å². The predicted molar refractivity (Wildman–Crippen MR) is 116 cm³/mol. The van der Waals surface area contributed by atoms with Crippen LogP contribution in [-0.4, -0.2) is 12.2 Å². The molecule has 0 saturated heterocycles. The van der Waals surface area contributed by atoms with Crippen molar-refractivity contribution in [2.24, 2.45) is 11.8 Å². The van der Waals surface area contributed by atoms with E-state index in [9.17, 15) is 0 Å². The maximum Gasteiger partial charge on any atom is 0.123 e. The van der Waals surface area contributed by atoms with E-state index in [0.29, 0.717) is 11.8 Å². The fraction of sp³-hybridized carbons (Fsp3) is 0.538. The zero-order valence-corrected chi connectivity index (χ0v) is 17.1. The van der Waals surface area contributed by atoms with E-state index in [0.717, 1.165) is 51.4 Å². The molecule has 0 bridgehead atoms. The highest BCUT2D eigenvalue weighted by atomic mass is 16.5. The Morgan fingerprint density at radius 3 is 1.63 bits per heavy atom. The molecule has 2 aliphatic rings. The fourth-order valence-electron chi connectivity index (χ4n) is 4.01. The lowest BCUT2D eigenvalue weighted by Crippen LogP contribution is -2.22. The molecule has 0 radical (unpaired) electrons. The number of hydrogen-bond donors (Lipinski definition) is 0. The lowest BCUT2D eigenvalue weighted by molar-refractivity contribution is 0.0518. The fourth-order valence-corrected chi connectivity index (χ4v) is 4.01. The third-order valence-corrected chi connectivity index (χ3v) is 6.00. The molecule has 0 amide bonds. The van der Waals surface area contributed by atoms with Crippen molar-refractivity contribution in [3.8, 4) is 24.7 Å². The molecule has 0 aromatic heterocycles. The number of terminal acetylenes is 2. The molecule has 0 saturated carbocycles. The predicted octanol–water partition coefficient (Wildman–Crippen LogP) is 6.39. The Labute approximate surface area is 166 Å². The second-order valence-electron chi connectivity index (χ2n) is 8.22. The third kappa shape index (κ3) is 6.61. The van der Waals surface area contributed by atoms with Gasteiger partial charge in [-0.15, -0.1) is 12.8 Å². The highest BCUT2D eigenvalue weighted by molar-refractivity contribution is 5.18. The minimum atomic E-state index is -0.244. The van der Waals surface area contributed by atoms with E-state index in [2.05, 4.69) is 51.0 Å². The van der Waals surface area contributed by atoms with Crippen LogP contribution in [0.2, 0.25) is 0 Å². The topological polar surface area (TPSA) is 9.23 Å². The highest BCUT2D eigenvalue weighted by Gasteiger charge is 2.21. The summed E-state index contributed by atoms with van der Waals surface area (Å²) in [5.74, 6) is 6.82. The second kappa shape index (κ2) is 10.4. The minimum Gasteiger partial charge on any atom is -0.349 e. The molecule has 2 aliphatic carbocycles. The maximum absolute atomic E-state index is 6.11. The molecule has 1 nitrogen and oxygen atoms in total. The van der Waals surface area contributed by atoms with Gasteiger partial charge in [0.05, 0.1) is 0 Å². The maximum atomic E-state index is 6.11. The lowest BCUT2D eigenvalue weighted by Gasteiger charge is -2.26. The second-order valence-corrected chi connectivity index (χ2v) is 8.22. The van der Waals surface area contributed by atoms with Crippen LogP contribution in [0.5, 0.6) is 0 Å². The summed E-state index contributed by atoms with van der Waals surface area (Å²) < 4.78 is 6.11. The van der Waals surface area contributed by atoms with Crippen molar-refractivity contribution in [3.05, 3.63) is 47.6 Å². The van der Waals surface area contributed by atoms with Gasteiger partial charge in [-0.25, -0.2) is 0 Å². The van der Waals surface area contributed by atoms with Gasteiger partial charge in [-0.2, -0.15) is 0 Å². The molecule has 0 fully saturated rings. The summed E-state index contributed by atoms with van der Waals surface area (Å²) in [5.41, 5.74) is 5.34. The van der Waals surface area contributed by atoms with Gasteiger partial charge in [0, 0.05) is 12.8 Å². The van der Waals surface area contributed by atoms with E-state index in [1.807, 2.05) is 0 Å². The van der Waals surface area contributed by atoms with E-state index in [4.69, 9.17) is 17.6 Å². The minimum absolute atomic E-state index is 0.244. The van der Waals surface area contributed by atoms with E-state index >= 15 is 0 Å². The summed E-state index contributed by atoms with van der Waals surface area (Å²) >= 11 is 0. The van der Waals surface area contributed by atoms with Gasteiger partial charge in [-0.1, -0.05) is 59.4 Å². The monoisotopic (exact) mass is 362 g/mol.